The normalized spacial score (nSPS) is 12.2. The maximum Gasteiger partial charge on any atom is 0.240 e. The molecule has 4 N–H and O–H groups in total. The zero-order valence-electron chi connectivity index (χ0n) is 10.5. The highest BCUT2D eigenvalue weighted by molar-refractivity contribution is 5.83. The molecule has 0 radical (unpaired) electrons. The van der Waals surface area contributed by atoms with E-state index in [1.54, 1.807) is 6.20 Å². The first-order chi connectivity index (χ1) is 8.04. The van der Waals surface area contributed by atoms with E-state index in [2.05, 4.69) is 15.6 Å². The molecule has 1 atom stereocenters. The number of primary amides is 1. The Morgan fingerprint density at radius 1 is 1.53 bits per heavy atom. The molecule has 0 bridgehead atoms. The minimum Gasteiger partial charge on any atom is -0.373 e. The van der Waals surface area contributed by atoms with Crippen molar-refractivity contribution in [2.24, 2.45) is 11.7 Å². The van der Waals surface area contributed by atoms with Gasteiger partial charge in [-0.15, -0.1) is 0 Å². The molecule has 0 aliphatic rings. The van der Waals surface area contributed by atoms with E-state index in [1.807, 2.05) is 32.9 Å². The van der Waals surface area contributed by atoms with Gasteiger partial charge in [0.15, 0.2) is 0 Å². The largest absolute Gasteiger partial charge is 0.373 e. The molecular weight excluding hydrogens is 216 g/mol. The van der Waals surface area contributed by atoms with Crippen molar-refractivity contribution in [3.05, 3.63) is 18.3 Å². The summed E-state index contributed by atoms with van der Waals surface area (Å²) in [6, 6.07) is 3.31. The van der Waals surface area contributed by atoms with Crippen molar-refractivity contribution in [2.75, 3.05) is 17.2 Å². The third kappa shape index (κ3) is 3.94. The molecule has 1 aromatic heterocycles. The fourth-order valence-corrected chi connectivity index (χ4v) is 1.54. The summed E-state index contributed by atoms with van der Waals surface area (Å²) in [5.74, 6) is 0.578. The van der Waals surface area contributed by atoms with Gasteiger partial charge in [0.25, 0.3) is 0 Å². The molecule has 0 aliphatic carbocycles. The van der Waals surface area contributed by atoms with Gasteiger partial charge in [0.1, 0.15) is 11.9 Å². The van der Waals surface area contributed by atoms with Crippen LogP contribution in [0.3, 0.4) is 0 Å². The second kappa shape index (κ2) is 6.08. The Morgan fingerprint density at radius 3 is 2.76 bits per heavy atom. The first-order valence-electron chi connectivity index (χ1n) is 5.80. The van der Waals surface area contributed by atoms with Crippen LogP contribution in [0.15, 0.2) is 18.3 Å². The molecule has 0 aromatic carbocycles. The van der Waals surface area contributed by atoms with E-state index in [4.69, 9.17) is 5.73 Å². The molecule has 94 valence electrons. The molecule has 1 amide bonds. The summed E-state index contributed by atoms with van der Waals surface area (Å²) in [5, 5.41) is 6.23. The number of carbonyl (C=O) groups is 1. The van der Waals surface area contributed by atoms with Crippen LogP contribution in [0.5, 0.6) is 0 Å². The number of nitrogens with two attached hydrogens (primary N) is 1. The average molecular weight is 236 g/mol. The van der Waals surface area contributed by atoms with Crippen LogP contribution in [0.4, 0.5) is 11.5 Å². The van der Waals surface area contributed by atoms with E-state index in [0.717, 1.165) is 18.1 Å². The third-order valence-electron chi connectivity index (χ3n) is 2.41. The smallest absolute Gasteiger partial charge is 0.240 e. The summed E-state index contributed by atoms with van der Waals surface area (Å²) in [7, 11) is 0. The predicted molar refractivity (Wildman–Crippen MR) is 69.8 cm³/mol. The van der Waals surface area contributed by atoms with Crippen molar-refractivity contribution in [3.8, 4) is 0 Å². The van der Waals surface area contributed by atoms with Crippen molar-refractivity contribution in [1.82, 2.24) is 4.98 Å². The Balaban J connectivity index is 2.78. The number of pyridine rings is 1. The summed E-state index contributed by atoms with van der Waals surface area (Å²) in [6.07, 6.45) is 1.69. The van der Waals surface area contributed by atoms with Gasteiger partial charge in [0, 0.05) is 24.5 Å². The molecule has 0 fully saturated rings. The van der Waals surface area contributed by atoms with E-state index in [-0.39, 0.29) is 17.9 Å². The first kappa shape index (κ1) is 13.3. The highest BCUT2D eigenvalue weighted by atomic mass is 16.1. The quantitative estimate of drug-likeness (QED) is 0.698. The highest BCUT2D eigenvalue weighted by Gasteiger charge is 2.18. The SMILES string of the molecule is CCNc1cc(NC(C(N)=O)C(C)C)ccn1. The van der Waals surface area contributed by atoms with E-state index < -0.39 is 0 Å². The number of hydrogen-bond acceptors (Lipinski definition) is 4. The number of anilines is 2. The summed E-state index contributed by atoms with van der Waals surface area (Å²) >= 11 is 0. The Morgan fingerprint density at radius 2 is 2.24 bits per heavy atom. The van der Waals surface area contributed by atoms with Gasteiger partial charge in [-0.2, -0.15) is 0 Å². The first-order valence-corrected chi connectivity index (χ1v) is 5.80. The molecule has 0 saturated carbocycles. The third-order valence-corrected chi connectivity index (χ3v) is 2.41. The average Bonchev–Trinajstić information content (AvgIpc) is 2.26. The number of hydrogen-bond donors (Lipinski definition) is 3. The van der Waals surface area contributed by atoms with Crippen molar-refractivity contribution in [1.29, 1.82) is 0 Å². The van der Waals surface area contributed by atoms with Crippen LogP contribution >= 0.6 is 0 Å². The molecule has 0 saturated heterocycles. The van der Waals surface area contributed by atoms with Crippen molar-refractivity contribution < 1.29 is 4.79 Å². The van der Waals surface area contributed by atoms with Gasteiger partial charge >= 0.3 is 0 Å². The minimum absolute atomic E-state index is 0.142. The van der Waals surface area contributed by atoms with Gasteiger partial charge in [0.2, 0.25) is 5.91 Å². The van der Waals surface area contributed by atoms with Crippen LogP contribution in [-0.2, 0) is 4.79 Å². The van der Waals surface area contributed by atoms with Gasteiger partial charge in [-0.25, -0.2) is 4.98 Å². The zero-order chi connectivity index (χ0) is 12.8. The maximum atomic E-state index is 11.3. The molecule has 1 heterocycles. The van der Waals surface area contributed by atoms with Gasteiger partial charge in [-0.1, -0.05) is 13.8 Å². The number of nitrogens with zero attached hydrogens (tertiary/aromatic N) is 1. The summed E-state index contributed by atoms with van der Waals surface area (Å²) in [5.41, 5.74) is 6.19. The second-order valence-electron chi connectivity index (χ2n) is 4.23. The lowest BCUT2D eigenvalue weighted by atomic mass is 10.0. The molecule has 5 nitrogen and oxygen atoms in total. The van der Waals surface area contributed by atoms with Gasteiger partial charge in [0.05, 0.1) is 0 Å². The van der Waals surface area contributed by atoms with Crippen LogP contribution < -0.4 is 16.4 Å². The Labute approximate surface area is 102 Å². The molecular formula is C12H20N4O. The number of amides is 1. The lowest BCUT2D eigenvalue weighted by molar-refractivity contribution is -0.119. The van der Waals surface area contributed by atoms with Crippen molar-refractivity contribution >= 4 is 17.4 Å². The van der Waals surface area contributed by atoms with Crippen LogP contribution in [0.1, 0.15) is 20.8 Å². The maximum absolute atomic E-state index is 11.3. The predicted octanol–water partition coefficient (Wildman–Crippen LogP) is 1.44. The van der Waals surface area contributed by atoms with Gasteiger partial charge in [-0.05, 0) is 18.9 Å². The molecule has 1 aromatic rings. The number of nitrogens with one attached hydrogen (secondary N) is 2. The fraction of sp³-hybridized carbons (Fsp3) is 0.500. The number of carbonyl (C=O) groups excluding carboxylic acids is 1. The van der Waals surface area contributed by atoms with E-state index in [9.17, 15) is 4.79 Å². The molecule has 5 heteroatoms. The van der Waals surface area contributed by atoms with Crippen molar-refractivity contribution in [3.63, 3.8) is 0 Å². The summed E-state index contributed by atoms with van der Waals surface area (Å²) in [4.78, 5) is 15.4. The second-order valence-corrected chi connectivity index (χ2v) is 4.23. The summed E-state index contributed by atoms with van der Waals surface area (Å²) in [6.45, 7) is 6.71. The standard InChI is InChI=1S/C12H20N4O/c1-4-14-10-7-9(5-6-15-10)16-11(8(2)3)12(13)17/h5-8,11H,4H2,1-3H3,(H2,13,17)(H2,14,15,16). The molecule has 17 heavy (non-hydrogen) atoms. The summed E-state index contributed by atoms with van der Waals surface area (Å²) < 4.78 is 0. The van der Waals surface area contributed by atoms with Crippen LogP contribution in [0, 0.1) is 5.92 Å². The van der Waals surface area contributed by atoms with Crippen molar-refractivity contribution in [2.45, 2.75) is 26.8 Å². The lowest BCUT2D eigenvalue weighted by Crippen LogP contribution is -2.39. The van der Waals surface area contributed by atoms with Crippen LogP contribution in [0.25, 0.3) is 0 Å². The topological polar surface area (TPSA) is 80.0 Å². The fourth-order valence-electron chi connectivity index (χ4n) is 1.54. The van der Waals surface area contributed by atoms with Crippen LogP contribution in [-0.4, -0.2) is 23.5 Å². The number of aromatic nitrogens is 1. The zero-order valence-corrected chi connectivity index (χ0v) is 10.5. The van der Waals surface area contributed by atoms with E-state index >= 15 is 0 Å². The van der Waals surface area contributed by atoms with E-state index in [0.29, 0.717) is 0 Å². The molecule has 0 aliphatic heterocycles. The molecule has 1 unspecified atom stereocenters. The molecule has 1 rings (SSSR count). The Hall–Kier alpha value is -1.78. The Kier molecular flexibility index (Phi) is 4.75. The lowest BCUT2D eigenvalue weighted by Gasteiger charge is -2.20. The van der Waals surface area contributed by atoms with E-state index in [1.165, 1.54) is 0 Å². The monoisotopic (exact) mass is 236 g/mol. The minimum atomic E-state index is -0.369. The number of rotatable bonds is 6. The van der Waals surface area contributed by atoms with Gasteiger partial charge in [-0.3, -0.25) is 4.79 Å². The molecule has 0 spiro atoms. The Bertz CT molecular complexity index is 379. The van der Waals surface area contributed by atoms with Gasteiger partial charge < -0.3 is 16.4 Å². The van der Waals surface area contributed by atoms with Crippen LogP contribution in [0.2, 0.25) is 0 Å². The highest BCUT2D eigenvalue weighted by Crippen LogP contribution is 2.15.